The van der Waals surface area contributed by atoms with Gasteiger partial charge in [0.2, 0.25) is 11.8 Å². The zero-order valence-corrected chi connectivity index (χ0v) is 22.4. The Labute approximate surface area is 220 Å². The molecule has 37 heavy (non-hydrogen) atoms. The summed E-state index contributed by atoms with van der Waals surface area (Å²) >= 11 is 0. The number of carbonyl (C=O) groups excluding carboxylic acids is 3. The van der Waals surface area contributed by atoms with Gasteiger partial charge in [0.25, 0.3) is 5.91 Å². The lowest BCUT2D eigenvalue weighted by molar-refractivity contribution is -0.133. The van der Waals surface area contributed by atoms with E-state index in [0.29, 0.717) is 43.9 Å². The van der Waals surface area contributed by atoms with Gasteiger partial charge in [-0.15, -0.1) is 0 Å². The van der Waals surface area contributed by atoms with E-state index < -0.39 is 0 Å². The van der Waals surface area contributed by atoms with Gasteiger partial charge in [0.15, 0.2) is 0 Å². The third-order valence-corrected chi connectivity index (χ3v) is 7.34. The van der Waals surface area contributed by atoms with E-state index in [1.54, 1.807) is 0 Å². The summed E-state index contributed by atoms with van der Waals surface area (Å²) in [5, 5.41) is 2.96. The van der Waals surface area contributed by atoms with Gasteiger partial charge in [0.05, 0.1) is 11.5 Å². The summed E-state index contributed by atoms with van der Waals surface area (Å²) in [5.74, 6) is 0.274. The van der Waals surface area contributed by atoms with E-state index in [2.05, 4.69) is 17.1 Å². The van der Waals surface area contributed by atoms with Gasteiger partial charge in [0.1, 0.15) is 0 Å². The Morgan fingerprint density at radius 3 is 2.16 bits per heavy atom. The highest BCUT2D eigenvalue weighted by Crippen LogP contribution is 2.29. The summed E-state index contributed by atoms with van der Waals surface area (Å²) in [6, 6.07) is 15.7. The normalized spacial score (nSPS) is 16.7. The van der Waals surface area contributed by atoms with E-state index in [0.717, 1.165) is 43.6 Å². The van der Waals surface area contributed by atoms with Gasteiger partial charge in [-0.05, 0) is 48.9 Å². The number of carbonyl (C=O) groups is 3. The van der Waals surface area contributed by atoms with Crippen LogP contribution >= 0.6 is 0 Å². The Balaban J connectivity index is 1.50. The maximum atomic E-state index is 13.5. The molecule has 2 aromatic rings. The standard InChI is InChI=1S/C30H40N4O3/c1-4-25(23-10-6-5-7-11-23)29(36)34-18-16-32(17-19-34)27-13-12-24(31-28(35)20-22(2)3)21-26(27)30(37)33-14-8-9-15-33/h5-7,10-13,21-22,25H,4,8-9,14-20H2,1-3H3,(H,31,35)/t25-/m0/s1. The molecule has 0 spiro atoms. The maximum absolute atomic E-state index is 13.5. The molecule has 2 heterocycles. The summed E-state index contributed by atoms with van der Waals surface area (Å²) in [5.41, 5.74) is 3.21. The van der Waals surface area contributed by atoms with Crippen LogP contribution in [0.4, 0.5) is 11.4 Å². The molecule has 3 amide bonds. The first-order valence-electron chi connectivity index (χ1n) is 13.7. The van der Waals surface area contributed by atoms with Gasteiger partial charge in [-0.2, -0.15) is 0 Å². The molecule has 2 aliphatic rings. The smallest absolute Gasteiger partial charge is 0.256 e. The number of anilines is 2. The first-order valence-corrected chi connectivity index (χ1v) is 13.7. The number of likely N-dealkylation sites (tertiary alicyclic amines) is 1. The van der Waals surface area contributed by atoms with Crippen molar-refractivity contribution in [3.63, 3.8) is 0 Å². The van der Waals surface area contributed by atoms with E-state index in [1.165, 1.54) is 0 Å². The van der Waals surface area contributed by atoms with Crippen molar-refractivity contribution in [3.8, 4) is 0 Å². The number of piperazine rings is 1. The minimum Gasteiger partial charge on any atom is -0.367 e. The van der Waals surface area contributed by atoms with Crippen molar-refractivity contribution in [2.45, 2.75) is 52.4 Å². The molecule has 0 unspecified atom stereocenters. The van der Waals surface area contributed by atoms with Crippen molar-refractivity contribution in [2.75, 3.05) is 49.5 Å². The molecule has 2 saturated heterocycles. The first-order chi connectivity index (χ1) is 17.9. The molecule has 1 atom stereocenters. The van der Waals surface area contributed by atoms with Crippen LogP contribution in [0.5, 0.6) is 0 Å². The van der Waals surface area contributed by atoms with Gasteiger partial charge >= 0.3 is 0 Å². The van der Waals surface area contributed by atoms with Gasteiger partial charge in [-0.25, -0.2) is 0 Å². The van der Waals surface area contributed by atoms with Crippen LogP contribution in [0.1, 0.15) is 68.3 Å². The summed E-state index contributed by atoms with van der Waals surface area (Å²) in [7, 11) is 0. The Kier molecular flexibility index (Phi) is 8.85. The molecule has 2 aliphatic heterocycles. The van der Waals surface area contributed by atoms with E-state index in [1.807, 2.05) is 72.2 Å². The van der Waals surface area contributed by atoms with E-state index >= 15 is 0 Å². The molecule has 1 N–H and O–H groups in total. The molecule has 7 nitrogen and oxygen atoms in total. The van der Waals surface area contributed by atoms with Crippen LogP contribution in [-0.2, 0) is 9.59 Å². The van der Waals surface area contributed by atoms with Gasteiger partial charge in [-0.1, -0.05) is 51.1 Å². The number of amides is 3. The number of nitrogens with one attached hydrogen (secondary N) is 1. The van der Waals surface area contributed by atoms with E-state index in [4.69, 9.17) is 0 Å². The Bertz CT molecular complexity index is 1090. The lowest BCUT2D eigenvalue weighted by Gasteiger charge is -2.38. The first kappa shape index (κ1) is 26.7. The van der Waals surface area contributed by atoms with Gasteiger partial charge in [0, 0.05) is 57.1 Å². The summed E-state index contributed by atoms with van der Waals surface area (Å²) in [4.78, 5) is 45.3. The fraction of sp³-hybridized carbons (Fsp3) is 0.500. The third-order valence-electron chi connectivity index (χ3n) is 7.34. The highest BCUT2D eigenvalue weighted by molar-refractivity contribution is 6.02. The van der Waals surface area contributed by atoms with Crippen LogP contribution in [0.2, 0.25) is 0 Å². The monoisotopic (exact) mass is 504 g/mol. The maximum Gasteiger partial charge on any atom is 0.256 e. The summed E-state index contributed by atoms with van der Waals surface area (Å²) < 4.78 is 0. The predicted octanol–water partition coefficient (Wildman–Crippen LogP) is 4.75. The number of nitrogens with zero attached hydrogens (tertiary/aromatic N) is 3. The van der Waals surface area contributed by atoms with Gasteiger partial charge < -0.3 is 20.0 Å². The molecule has 4 rings (SSSR count). The van der Waals surface area contributed by atoms with Crippen LogP contribution in [0.3, 0.4) is 0 Å². The topological polar surface area (TPSA) is 73.0 Å². The molecule has 0 aliphatic carbocycles. The third kappa shape index (κ3) is 6.51. The molecular weight excluding hydrogens is 464 g/mol. The zero-order valence-electron chi connectivity index (χ0n) is 22.4. The second-order valence-electron chi connectivity index (χ2n) is 10.6. The highest BCUT2D eigenvalue weighted by atomic mass is 16.2. The number of hydrogen-bond acceptors (Lipinski definition) is 4. The molecule has 0 aromatic heterocycles. The minimum atomic E-state index is -0.131. The molecule has 198 valence electrons. The Morgan fingerprint density at radius 2 is 1.54 bits per heavy atom. The van der Waals surface area contributed by atoms with Crippen LogP contribution in [0.25, 0.3) is 0 Å². The average molecular weight is 505 g/mol. The van der Waals surface area contributed by atoms with Crippen LogP contribution in [0, 0.1) is 5.92 Å². The second-order valence-corrected chi connectivity index (χ2v) is 10.6. The van der Waals surface area contributed by atoms with Crippen molar-refractivity contribution in [1.82, 2.24) is 9.80 Å². The largest absolute Gasteiger partial charge is 0.367 e. The molecule has 0 bridgehead atoms. The molecular formula is C30H40N4O3. The predicted molar refractivity (Wildman–Crippen MR) is 148 cm³/mol. The summed E-state index contributed by atoms with van der Waals surface area (Å²) in [6.45, 7) is 10.2. The molecule has 0 radical (unpaired) electrons. The van der Waals surface area contributed by atoms with E-state index in [9.17, 15) is 14.4 Å². The Morgan fingerprint density at radius 1 is 0.865 bits per heavy atom. The van der Waals surface area contributed by atoms with Crippen molar-refractivity contribution in [3.05, 3.63) is 59.7 Å². The number of hydrogen-bond donors (Lipinski definition) is 1. The lowest BCUT2D eigenvalue weighted by atomic mass is 9.94. The summed E-state index contributed by atoms with van der Waals surface area (Å²) in [6.07, 6.45) is 3.25. The SMILES string of the molecule is CC[C@H](C(=O)N1CCN(c2ccc(NC(=O)CC(C)C)cc2C(=O)N2CCCC2)CC1)c1ccccc1. The van der Waals surface area contributed by atoms with Crippen LogP contribution < -0.4 is 10.2 Å². The number of rotatable bonds is 8. The van der Waals surface area contributed by atoms with E-state index in [-0.39, 0.29) is 29.6 Å². The van der Waals surface area contributed by atoms with Crippen molar-refractivity contribution >= 4 is 29.1 Å². The van der Waals surface area contributed by atoms with Crippen molar-refractivity contribution < 1.29 is 14.4 Å². The fourth-order valence-corrected chi connectivity index (χ4v) is 5.36. The molecule has 2 fully saturated rings. The lowest BCUT2D eigenvalue weighted by Crippen LogP contribution is -2.50. The van der Waals surface area contributed by atoms with Crippen molar-refractivity contribution in [2.24, 2.45) is 5.92 Å². The van der Waals surface area contributed by atoms with Crippen molar-refractivity contribution in [1.29, 1.82) is 0 Å². The number of benzene rings is 2. The Hall–Kier alpha value is -3.35. The average Bonchev–Trinajstić information content (AvgIpc) is 3.44. The fourth-order valence-electron chi connectivity index (χ4n) is 5.36. The highest BCUT2D eigenvalue weighted by Gasteiger charge is 2.30. The molecule has 2 aromatic carbocycles. The molecule has 0 saturated carbocycles. The molecule has 7 heteroatoms. The minimum absolute atomic E-state index is 0.0149. The van der Waals surface area contributed by atoms with Gasteiger partial charge in [-0.3, -0.25) is 14.4 Å². The van der Waals surface area contributed by atoms with Crippen LogP contribution in [-0.4, -0.2) is 66.8 Å². The van der Waals surface area contributed by atoms with Crippen LogP contribution in [0.15, 0.2) is 48.5 Å². The second kappa shape index (κ2) is 12.3. The zero-order chi connectivity index (χ0) is 26.4. The quantitative estimate of drug-likeness (QED) is 0.563.